The molecule has 0 amide bonds. The van der Waals surface area contributed by atoms with Gasteiger partial charge in [0.1, 0.15) is 0 Å². The average Bonchev–Trinajstić information content (AvgIpc) is 2.99. The van der Waals surface area contributed by atoms with Crippen LogP contribution in [0.3, 0.4) is 0 Å². The smallest absolute Gasteiger partial charge is 0.00110 e. The van der Waals surface area contributed by atoms with Crippen LogP contribution in [0.5, 0.6) is 0 Å². The maximum atomic E-state index is 3.57. The summed E-state index contributed by atoms with van der Waals surface area (Å²) >= 11 is 0. The summed E-state index contributed by atoms with van der Waals surface area (Å²) in [6.07, 6.45) is 5.29. The van der Waals surface area contributed by atoms with Gasteiger partial charge in [-0.3, -0.25) is 0 Å². The van der Waals surface area contributed by atoms with E-state index in [1.807, 2.05) is 0 Å². The van der Waals surface area contributed by atoms with Gasteiger partial charge < -0.3 is 5.32 Å². The number of hydrogen-bond acceptors (Lipinski definition) is 1. The quantitative estimate of drug-likeness (QED) is 0.721. The van der Waals surface area contributed by atoms with Gasteiger partial charge in [-0.15, -0.1) is 0 Å². The second-order valence-electron chi connectivity index (χ2n) is 5.34. The first kappa shape index (κ1) is 11.7. The molecule has 1 nitrogen and oxygen atoms in total. The summed E-state index contributed by atoms with van der Waals surface area (Å²) in [5, 5.41) is 3.57. The molecule has 0 radical (unpaired) electrons. The van der Waals surface area contributed by atoms with Gasteiger partial charge in [0.2, 0.25) is 0 Å². The Morgan fingerprint density at radius 3 is 2.75 bits per heavy atom. The van der Waals surface area contributed by atoms with Gasteiger partial charge in [0.15, 0.2) is 0 Å². The molecule has 0 atom stereocenters. The van der Waals surface area contributed by atoms with E-state index in [1.54, 1.807) is 0 Å². The van der Waals surface area contributed by atoms with Gasteiger partial charge in [-0.1, -0.05) is 36.8 Å². The van der Waals surface area contributed by atoms with E-state index in [4.69, 9.17) is 0 Å². The summed E-state index contributed by atoms with van der Waals surface area (Å²) < 4.78 is 0. The monoisotopic (exact) mass is 217 g/mol. The molecule has 1 aliphatic rings. The summed E-state index contributed by atoms with van der Waals surface area (Å²) in [6, 6.07) is 8.96. The molecule has 88 valence electrons. The first-order valence-electron chi connectivity index (χ1n) is 6.50. The van der Waals surface area contributed by atoms with Crippen molar-refractivity contribution in [1.82, 2.24) is 5.32 Å². The fraction of sp³-hybridized carbons (Fsp3) is 0.600. The fourth-order valence-corrected chi connectivity index (χ4v) is 2.38. The van der Waals surface area contributed by atoms with E-state index in [9.17, 15) is 0 Å². The lowest BCUT2D eigenvalue weighted by Crippen LogP contribution is -2.26. The lowest BCUT2D eigenvalue weighted by Gasteiger charge is -2.16. The van der Waals surface area contributed by atoms with Gasteiger partial charge in [-0.2, -0.15) is 0 Å². The van der Waals surface area contributed by atoms with Crippen molar-refractivity contribution in [2.45, 2.75) is 39.5 Å². The molecule has 1 aromatic rings. The van der Waals surface area contributed by atoms with Crippen molar-refractivity contribution in [1.29, 1.82) is 0 Å². The molecule has 0 aliphatic heterocycles. The number of rotatable bonds is 6. The van der Waals surface area contributed by atoms with E-state index in [2.05, 4.69) is 43.4 Å². The second-order valence-corrected chi connectivity index (χ2v) is 5.34. The summed E-state index contributed by atoms with van der Waals surface area (Å²) in [6.45, 7) is 6.77. The minimum Gasteiger partial charge on any atom is -0.316 e. The average molecular weight is 217 g/mol. The predicted molar refractivity (Wildman–Crippen MR) is 69.7 cm³/mol. The molecule has 0 bridgehead atoms. The van der Waals surface area contributed by atoms with Crippen LogP contribution in [0.2, 0.25) is 0 Å². The van der Waals surface area contributed by atoms with Gasteiger partial charge in [0.25, 0.3) is 0 Å². The van der Waals surface area contributed by atoms with E-state index < -0.39 is 0 Å². The third kappa shape index (κ3) is 3.08. The van der Waals surface area contributed by atoms with Gasteiger partial charge >= 0.3 is 0 Å². The van der Waals surface area contributed by atoms with Crippen molar-refractivity contribution in [3.63, 3.8) is 0 Å². The third-order valence-corrected chi connectivity index (χ3v) is 3.55. The van der Waals surface area contributed by atoms with Crippen LogP contribution in [0.1, 0.15) is 37.3 Å². The normalized spacial score (nSPS) is 17.4. The van der Waals surface area contributed by atoms with Crippen molar-refractivity contribution in [2.75, 3.05) is 13.1 Å². The minimum atomic E-state index is 0.586. The largest absolute Gasteiger partial charge is 0.316 e. The molecule has 1 fully saturated rings. The molecule has 2 rings (SSSR count). The van der Waals surface area contributed by atoms with Crippen LogP contribution < -0.4 is 5.32 Å². The third-order valence-electron chi connectivity index (χ3n) is 3.55. The van der Waals surface area contributed by atoms with Crippen LogP contribution in [0.15, 0.2) is 24.3 Å². The zero-order valence-electron chi connectivity index (χ0n) is 10.6. The molecule has 0 spiro atoms. The number of nitrogens with one attached hydrogen (secondary N) is 1. The highest BCUT2D eigenvalue weighted by molar-refractivity contribution is 5.24. The van der Waals surface area contributed by atoms with Crippen molar-refractivity contribution in [3.05, 3.63) is 35.4 Å². The molecule has 1 saturated carbocycles. The van der Waals surface area contributed by atoms with Crippen LogP contribution in [0.25, 0.3) is 0 Å². The molecule has 1 aromatic carbocycles. The predicted octanol–water partition coefficient (Wildman–Crippen LogP) is 3.32. The zero-order chi connectivity index (χ0) is 11.4. The van der Waals surface area contributed by atoms with Gasteiger partial charge in [-0.25, -0.2) is 0 Å². The van der Waals surface area contributed by atoms with Crippen LogP contribution in [-0.4, -0.2) is 13.1 Å². The molecule has 1 aliphatic carbocycles. The Labute approximate surface area is 99.3 Å². The molecule has 1 heteroatoms. The molecular formula is C15H23N. The Hall–Kier alpha value is -0.820. The van der Waals surface area contributed by atoms with E-state index in [1.165, 1.54) is 43.4 Å². The Kier molecular flexibility index (Phi) is 3.65. The van der Waals surface area contributed by atoms with E-state index in [0.29, 0.717) is 5.41 Å². The lowest BCUT2D eigenvalue weighted by molar-refractivity contribution is 0.455. The summed E-state index contributed by atoms with van der Waals surface area (Å²) in [7, 11) is 0. The SMILES string of the molecule is CCCNCC1(Cc2cccc(C)c2)CC1. The van der Waals surface area contributed by atoms with Gasteiger partial charge in [0, 0.05) is 6.54 Å². The number of aryl methyl sites for hydroxylation is 1. The second kappa shape index (κ2) is 5.01. The maximum absolute atomic E-state index is 3.57. The van der Waals surface area contributed by atoms with E-state index in [0.717, 1.165) is 6.54 Å². The Morgan fingerprint density at radius 1 is 1.31 bits per heavy atom. The summed E-state index contributed by atoms with van der Waals surface area (Å²) in [4.78, 5) is 0. The molecule has 0 aromatic heterocycles. The minimum absolute atomic E-state index is 0.586. The van der Waals surface area contributed by atoms with Crippen LogP contribution >= 0.6 is 0 Å². The summed E-state index contributed by atoms with van der Waals surface area (Å²) in [5.41, 5.74) is 3.48. The highest BCUT2D eigenvalue weighted by Crippen LogP contribution is 2.47. The lowest BCUT2D eigenvalue weighted by atomic mass is 9.95. The van der Waals surface area contributed by atoms with Crippen molar-refractivity contribution < 1.29 is 0 Å². The zero-order valence-corrected chi connectivity index (χ0v) is 10.6. The molecule has 1 N–H and O–H groups in total. The Morgan fingerprint density at radius 2 is 2.12 bits per heavy atom. The molecule has 0 heterocycles. The van der Waals surface area contributed by atoms with E-state index >= 15 is 0 Å². The highest BCUT2D eigenvalue weighted by Gasteiger charge is 2.41. The van der Waals surface area contributed by atoms with Crippen molar-refractivity contribution in [3.8, 4) is 0 Å². The van der Waals surface area contributed by atoms with Crippen LogP contribution in [-0.2, 0) is 6.42 Å². The molecule has 0 saturated heterocycles. The Bertz CT molecular complexity index is 339. The Balaban J connectivity index is 1.89. The van der Waals surface area contributed by atoms with Crippen molar-refractivity contribution >= 4 is 0 Å². The van der Waals surface area contributed by atoms with Gasteiger partial charge in [0.05, 0.1) is 0 Å². The van der Waals surface area contributed by atoms with Crippen LogP contribution in [0, 0.1) is 12.3 Å². The number of benzene rings is 1. The molecule has 0 unspecified atom stereocenters. The first-order valence-corrected chi connectivity index (χ1v) is 6.50. The standard InChI is InChI=1S/C15H23N/c1-3-9-16-12-15(7-8-15)11-14-6-4-5-13(2)10-14/h4-6,10,16H,3,7-9,11-12H2,1-2H3. The first-order chi connectivity index (χ1) is 7.74. The fourth-order valence-electron chi connectivity index (χ4n) is 2.38. The van der Waals surface area contributed by atoms with E-state index in [-0.39, 0.29) is 0 Å². The topological polar surface area (TPSA) is 12.0 Å². The summed E-state index contributed by atoms with van der Waals surface area (Å²) in [5.74, 6) is 0. The highest BCUT2D eigenvalue weighted by atomic mass is 14.9. The van der Waals surface area contributed by atoms with Crippen molar-refractivity contribution in [2.24, 2.45) is 5.41 Å². The number of hydrogen-bond donors (Lipinski definition) is 1. The molecule has 16 heavy (non-hydrogen) atoms. The van der Waals surface area contributed by atoms with Crippen LogP contribution in [0.4, 0.5) is 0 Å². The van der Waals surface area contributed by atoms with Gasteiger partial charge in [-0.05, 0) is 50.1 Å². The molecular weight excluding hydrogens is 194 g/mol. The maximum Gasteiger partial charge on any atom is 0.00110 e.